The highest BCUT2D eigenvalue weighted by molar-refractivity contribution is 6.31. The number of allylic oxidation sites excluding steroid dienone is 1. The van der Waals surface area contributed by atoms with Crippen LogP contribution in [0, 0.1) is 0 Å². The fraction of sp³-hybridized carbons (Fsp3) is 0.100. The number of hydrogen-bond acceptors (Lipinski definition) is 3. The summed E-state index contributed by atoms with van der Waals surface area (Å²) in [5.74, 6) is 0. The molecule has 1 atom stereocenters. The summed E-state index contributed by atoms with van der Waals surface area (Å²) in [5, 5.41) is 15.6. The maximum atomic E-state index is 9.70. The van der Waals surface area contributed by atoms with Gasteiger partial charge in [-0.25, -0.2) is 5.01 Å². The second kappa shape index (κ2) is 3.82. The van der Waals surface area contributed by atoms with Gasteiger partial charge in [-0.15, -0.1) is 0 Å². The summed E-state index contributed by atoms with van der Waals surface area (Å²) in [6.45, 7) is 0. The summed E-state index contributed by atoms with van der Waals surface area (Å²) in [7, 11) is 0. The number of halogens is 1. The zero-order valence-corrected chi connectivity index (χ0v) is 8.09. The Morgan fingerprint density at radius 3 is 2.71 bits per heavy atom. The predicted molar refractivity (Wildman–Crippen MR) is 57.4 cm³/mol. The van der Waals surface area contributed by atoms with Crippen molar-refractivity contribution in [3.8, 4) is 0 Å². The summed E-state index contributed by atoms with van der Waals surface area (Å²) in [6.07, 6.45) is 2.25. The first-order valence-electron chi connectivity index (χ1n) is 4.21. The molecule has 0 fully saturated rings. The number of nitrogens with zero attached hydrogens (tertiary/aromatic N) is 2. The van der Waals surface area contributed by atoms with Gasteiger partial charge in [0.25, 0.3) is 0 Å². The zero-order valence-electron chi connectivity index (χ0n) is 7.34. The van der Waals surface area contributed by atoms with Gasteiger partial charge in [0.1, 0.15) is 0 Å². The second-order valence-corrected chi connectivity index (χ2v) is 3.31. The van der Waals surface area contributed by atoms with Gasteiger partial charge in [0.05, 0.1) is 10.7 Å². The van der Waals surface area contributed by atoms with Crippen molar-refractivity contribution in [2.75, 3.05) is 5.01 Å². The molecule has 1 aliphatic heterocycles. The average Bonchev–Trinajstić information content (AvgIpc) is 2.23. The van der Waals surface area contributed by atoms with Crippen molar-refractivity contribution >= 4 is 23.5 Å². The van der Waals surface area contributed by atoms with Crippen LogP contribution in [0.2, 0.25) is 0 Å². The lowest BCUT2D eigenvalue weighted by molar-refractivity contribution is 0.212. The topological polar surface area (TPSA) is 35.8 Å². The average molecular weight is 209 g/mol. The van der Waals surface area contributed by atoms with E-state index in [-0.39, 0.29) is 0 Å². The first-order valence-corrected chi connectivity index (χ1v) is 4.59. The fourth-order valence-corrected chi connectivity index (χ4v) is 1.38. The van der Waals surface area contributed by atoms with Crippen LogP contribution in [0.25, 0.3) is 0 Å². The van der Waals surface area contributed by atoms with Crippen molar-refractivity contribution in [3.05, 3.63) is 41.4 Å². The normalized spacial score (nSPS) is 20.9. The van der Waals surface area contributed by atoms with E-state index in [0.29, 0.717) is 5.03 Å². The van der Waals surface area contributed by atoms with Crippen LogP contribution in [0.4, 0.5) is 5.69 Å². The Morgan fingerprint density at radius 2 is 2.00 bits per heavy atom. The van der Waals surface area contributed by atoms with Crippen LogP contribution in [0.15, 0.2) is 46.5 Å². The van der Waals surface area contributed by atoms with E-state index in [1.807, 2.05) is 30.3 Å². The maximum Gasteiger partial charge on any atom is 0.184 e. The van der Waals surface area contributed by atoms with E-state index in [1.165, 1.54) is 5.01 Å². The lowest BCUT2D eigenvalue weighted by Gasteiger charge is -2.26. The number of aliphatic hydroxyl groups is 1. The van der Waals surface area contributed by atoms with Crippen molar-refractivity contribution in [1.29, 1.82) is 0 Å². The molecule has 3 nitrogen and oxygen atoms in total. The largest absolute Gasteiger partial charge is 0.367 e. The lowest BCUT2D eigenvalue weighted by Crippen LogP contribution is -2.32. The third-order valence-corrected chi connectivity index (χ3v) is 2.25. The number of hydrogen-bond donors (Lipinski definition) is 1. The number of para-hydroxylation sites is 1. The Hall–Kier alpha value is -1.32. The molecule has 2 rings (SSSR count). The first kappa shape index (κ1) is 9.24. The molecule has 1 N–H and O–H groups in total. The molecule has 1 aromatic carbocycles. The van der Waals surface area contributed by atoms with Gasteiger partial charge in [-0.3, -0.25) is 0 Å². The third kappa shape index (κ3) is 1.64. The molecule has 0 aliphatic carbocycles. The van der Waals surface area contributed by atoms with Gasteiger partial charge in [0.2, 0.25) is 0 Å². The molecule has 1 unspecified atom stereocenters. The molecule has 0 aromatic heterocycles. The second-order valence-electron chi connectivity index (χ2n) is 2.87. The molecule has 0 radical (unpaired) electrons. The molecule has 0 amide bonds. The van der Waals surface area contributed by atoms with Crippen molar-refractivity contribution in [1.82, 2.24) is 0 Å². The van der Waals surface area contributed by atoms with Gasteiger partial charge < -0.3 is 5.11 Å². The van der Waals surface area contributed by atoms with E-state index < -0.39 is 6.23 Å². The summed E-state index contributed by atoms with van der Waals surface area (Å²) in [6, 6.07) is 9.38. The molecule has 1 heterocycles. The number of rotatable bonds is 1. The summed E-state index contributed by atoms with van der Waals surface area (Å²) in [4.78, 5) is 0. The highest BCUT2D eigenvalue weighted by Gasteiger charge is 2.20. The minimum Gasteiger partial charge on any atom is -0.367 e. The van der Waals surface area contributed by atoms with Crippen molar-refractivity contribution in [2.24, 2.45) is 5.10 Å². The molecule has 0 bridgehead atoms. The Bertz CT molecular complexity index is 375. The minimum absolute atomic E-state index is 0.365. The standard InChI is InChI=1S/C10H9ClN2O/c11-9-6-7-12-13(10(9)14)8-4-2-1-3-5-8/h1-7,10,14H. The Balaban J connectivity index is 2.29. The molecule has 14 heavy (non-hydrogen) atoms. The Kier molecular flexibility index (Phi) is 2.52. The smallest absolute Gasteiger partial charge is 0.184 e. The van der Waals surface area contributed by atoms with Crippen LogP contribution in [0.3, 0.4) is 0 Å². The van der Waals surface area contributed by atoms with Crippen LogP contribution in [0.1, 0.15) is 0 Å². The maximum absolute atomic E-state index is 9.70. The SMILES string of the molecule is OC1C(Cl)=CC=NN1c1ccccc1. The molecular weight excluding hydrogens is 200 g/mol. The van der Waals surface area contributed by atoms with Crippen LogP contribution >= 0.6 is 11.6 Å². The third-order valence-electron chi connectivity index (χ3n) is 1.92. The highest BCUT2D eigenvalue weighted by Crippen LogP contribution is 2.23. The molecular formula is C10H9ClN2O. The van der Waals surface area contributed by atoms with E-state index in [2.05, 4.69) is 5.10 Å². The Labute approximate surface area is 86.9 Å². The van der Waals surface area contributed by atoms with E-state index in [9.17, 15) is 5.11 Å². The van der Waals surface area contributed by atoms with E-state index in [1.54, 1.807) is 12.3 Å². The van der Waals surface area contributed by atoms with Gasteiger partial charge in [0, 0.05) is 6.21 Å². The van der Waals surface area contributed by atoms with Gasteiger partial charge in [-0.1, -0.05) is 29.8 Å². The van der Waals surface area contributed by atoms with Crippen molar-refractivity contribution in [3.63, 3.8) is 0 Å². The first-order chi connectivity index (χ1) is 6.79. The Morgan fingerprint density at radius 1 is 1.29 bits per heavy atom. The van der Waals surface area contributed by atoms with Gasteiger partial charge in [0.15, 0.2) is 6.23 Å². The molecule has 72 valence electrons. The quantitative estimate of drug-likeness (QED) is 0.766. The minimum atomic E-state index is -0.885. The zero-order chi connectivity index (χ0) is 9.97. The van der Waals surface area contributed by atoms with Crippen molar-refractivity contribution < 1.29 is 5.11 Å². The fourth-order valence-electron chi connectivity index (χ4n) is 1.23. The van der Waals surface area contributed by atoms with Crippen LogP contribution in [0.5, 0.6) is 0 Å². The summed E-state index contributed by atoms with van der Waals surface area (Å²) < 4.78 is 0. The van der Waals surface area contributed by atoms with Gasteiger partial charge in [-0.05, 0) is 18.2 Å². The predicted octanol–water partition coefficient (Wildman–Crippen LogP) is 1.93. The van der Waals surface area contributed by atoms with Crippen molar-refractivity contribution in [2.45, 2.75) is 6.23 Å². The van der Waals surface area contributed by atoms with E-state index in [4.69, 9.17) is 11.6 Å². The number of anilines is 1. The van der Waals surface area contributed by atoms with Gasteiger partial charge >= 0.3 is 0 Å². The molecule has 0 spiro atoms. The molecule has 1 aromatic rings. The van der Waals surface area contributed by atoms with E-state index in [0.717, 1.165) is 5.69 Å². The highest BCUT2D eigenvalue weighted by atomic mass is 35.5. The number of hydrazone groups is 1. The molecule has 4 heteroatoms. The number of aliphatic hydroxyl groups excluding tert-OH is 1. The van der Waals surface area contributed by atoms with Gasteiger partial charge in [-0.2, -0.15) is 5.10 Å². The van der Waals surface area contributed by atoms with Crippen LogP contribution in [-0.4, -0.2) is 17.5 Å². The summed E-state index contributed by atoms with van der Waals surface area (Å²) in [5.41, 5.74) is 0.808. The molecule has 0 saturated carbocycles. The summed E-state index contributed by atoms with van der Waals surface area (Å²) >= 11 is 5.79. The molecule has 0 saturated heterocycles. The van der Waals surface area contributed by atoms with Crippen LogP contribution in [-0.2, 0) is 0 Å². The van der Waals surface area contributed by atoms with E-state index >= 15 is 0 Å². The lowest BCUT2D eigenvalue weighted by atomic mass is 10.3. The monoisotopic (exact) mass is 208 g/mol. The van der Waals surface area contributed by atoms with Crippen LogP contribution < -0.4 is 5.01 Å². The molecule has 1 aliphatic rings. The number of benzene rings is 1.